The summed E-state index contributed by atoms with van der Waals surface area (Å²) >= 11 is 9.42. The van der Waals surface area contributed by atoms with E-state index >= 15 is 0 Å². The number of cyclic esters (lactones) is 1. The summed E-state index contributed by atoms with van der Waals surface area (Å²) in [4.78, 5) is 26.4. The molecule has 0 radical (unpaired) electrons. The first-order chi connectivity index (χ1) is 12.4. The Bertz CT molecular complexity index is 987. The van der Waals surface area contributed by atoms with E-state index in [1.54, 1.807) is 31.4 Å². The van der Waals surface area contributed by atoms with Gasteiger partial charge in [0.15, 0.2) is 5.70 Å². The van der Waals surface area contributed by atoms with Crippen LogP contribution in [0, 0.1) is 10.1 Å². The molecule has 0 amide bonds. The fourth-order valence-electron chi connectivity index (χ4n) is 2.25. The fraction of sp³-hybridized carbons (Fsp3) is 0.0588. The zero-order valence-corrected chi connectivity index (χ0v) is 15.6. The highest BCUT2D eigenvalue weighted by atomic mass is 79.9. The first-order valence-corrected chi connectivity index (χ1v) is 8.36. The molecule has 0 bridgehead atoms. The van der Waals surface area contributed by atoms with Crippen molar-refractivity contribution in [2.24, 2.45) is 4.99 Å². The lowest BCUT2D eigenvalue weighted by molar-refractivity contribution is -0.384. The number of carbonyl (C=O) groups excluding carboxylic acids is 1. The molecule has 0 saturated heterocycles. The van der Waals surface area contributed by atoms with Gasteiger partial charge in [0.2, 0.25) is 5.90 Å². The Morgan fingerprint density at radius 1 is 1.31 bits per heavy atom. The van der Waals surface area contributed by atoms with Crippen LogP contribution in [0.25, 0.3) is 6.08 Å². The average Bonchev–Trinajstić information content (AvgIpc) is 2.95. The van der Waals surface area contributed by atoms with Crippen LogP contribution in [0.1, 0.15) is 11.1 Å². The molecule has 3 rings (SSSR count). The average molecular weight is 438 g/mol. The van der Waals surface area contributed by atoms with Gasteiger partial charge in [-0.15, -0.1) is 0 Å². The Labute approximate surface area is 161 Å². The van der Waals surface area contributed by atoms with E-state index in [4.69, 9.17) is 21.1 Å². The minimum atomic E-state index is -0.638. The van der Waals surface area contributed by atoms with Crippen LogP contribution < -0.4 is 4.74 Å². The van der Waals surface area contributed by atoms with Crippen LogP contribution in [0.4, 0.5) is 5.69 Å². The van der Waals surface area contributed by atoms with Gasteiger partial charge in [0.05, 0.1) is 27.1 Å². The number of nitrogens with zero attached hydrogens (tertiary/aromatic N) is 2. The van der Waals surface area contributed by atoms with E-state index in [1.165, 1.54) is 18.2 Å². The Hall–Kier alpha value is -2.71. The van der Waals surface area contributed by atoms with Gasteiger partial charge in [0.25, 0.3) is 5.69 Å². The van der Waals surface area contributed by atoms with Crippen LogP contribution >= 0.6 is 27.5 Å². The molecule has 1 aliphatic heterocycles. The van der Waals surface area contributed by atoms with Crippen LogP contribution in [0.15, 0.2) is 51.6 Å². The van der Waals surface area contributed by atoms with E-state index in [9.17, 15) is 14.9 Å². The van der Waals surface area contributed by atoms with Crippen molar-refractivity contribution in [1.82, 2.24) is 0 Å². The molecule has 26 heavy (non-hydrogen) atoms. The quantitative estimate of drug-likeness (QED) is 0.307. The van der Waals surface area contributed by atoms with Crippen LogP contribution in [0.5, 0.6) is 5.75 Å². The smallest absolute Gasteiger partial charge is 0.363 e. The molecule has 7 nitrogen and oxygen atoms in total. The molecule has 9 heteroatoms. The minimum absolute atomic E-state index is 0.00581. The van der Waals surface area contributed by atoms with E-state index < -0.39 is 10.9 Å². The molecule has 0 N–H and O–H groups in total. The van der Waals surface area contributed by atoms with Gasteiger partial charge in [-0.2, -0.15) is 0 Å². The van der Waals surface area contributed by atoms with Gasteiger partial charge in [-0.05, 0) is 45.8 Å². The van der Waals surface area contributed by atoms with Gasteiger partial charge in [-0.25, -0.2) is 9.79 Å². The summed E-state index contributed by atoms with van der Waals surface area (Å²) in [5, 5.41) is 10.8. The van der Waals surface area contributed by atoms with Crippen LogP contribution in [0.2, 0.25) is 5.02 Å². The second-order valence-corrected chi connectivity index (χ2v) is 6.41. The third kappa shape index (κ3) is 3.61. The maximum atomic E-state index is 12.1. The second-order valence-electron chi connectivity index (χ2n) is 5.15. The normalized spacial score (nSPS) is 15.0. The lowest BCUT2D eigenvalue weighted by atomic mass is 10.2. The summed E-state index contributed by atoms with van der Waals surface area (Å²) in [6, 6.07) is 9.10. The monoisotopic (exact) mass is 436 g/mol. The maximum Gasteiger partial charge on any atom is 0.363 e. The number of halogens is 2. The molecular weight excluding hydrogens is 428 g/mol. The maximum absolute atomic E-state index is 12.1. The van der Waals surface area contributed by atoms with E-state index in [2.05, 4.69) is 20.9 Å². The number of carbonyl (C=O) groups is 1. The van der Waals surface area contributed by atoms with Crippen LogP contribution in [-0.4, -0.2) is 23.9 Å². The number of esters is 1. The van der Waals surface area contributed by atoms with E-state index in [1.807, 2.05) is 0 Å². The molecule has 1 heterocycles. The highest BCUT2D eigenvalue weighted by Crippen LogP contribution is 2.29. The number of nitro benzene ring substituents is 1. The number of nitro groups is 1. The van der Waals surface area contributed by atoms with Gasteiger partial charge in [-0.1, -0.05) is 17.7 Å². The Morgan fingerprint density at radius 2 is 2.08 bits per heavy atom. The van der Waals surface area contributed by atoms with Crippen molar-refractivity contribution in [2.75, 3.05) is 7.11 Å². The predicted molar refractivity (Wildman–Crippen MR) is 99.4 cm³/mol. The summed E-state index contributed by atoms with van der Waals surface area (Å²) in [5.41, 5.74) is 0.934. The van der Waals surface area contributed by atoms with Crippen LogP contribution in [0.3, 0.4) is 0 Å². The van der Waals surface area contributed by atoms with Gasteiger partial charge in [0.1, 0.15) is 5.75 Å². The molecular formula is C17H10BrClN2O5. The lowest BCUT2D eigenvalue weighted by Gasteiger charge is -2.03. The van der Waals surface area contributed by atoms with Crippen molar-refractivity contribution in [1.29, 1.82) is 0 Å². The Balaban J connectivity index is 1.94. The molecule has 0 fully saturated rings. The summed E-state index contributed by atoms with van der Waals surface area (Å²) in [7, 11) is 1.55. The summed E-state index contributed by atoms with van der Waals surface area (Å²) < 4.78 is 11.0. The van der Waals surface area contributed by atoms with Crippen molar-refractivity contribution >= 4 is 51.2 Å². The van der Waals surface area contributed by atoms with Crippen LogP contribution in [-0.2, 0) is 9.53 Å². The number of hydrogen-bond donors (Lipinski definition) is 0. The third-order valence-electron chi connectivity index (χ3n) is 3.49. The van der Waals surface area contributed by atoms with E-state index in [0.717, 1.165) is 4.47 Å². The molecule has 0 aliphatic carbocycles. The topological polar surface area (TPSA) is 91.0 Å². The largest absolute Gasteiger partial charge is 0.496 e. The Kier molecular flexibility index (Phi) is 5.06. The molecule has 0 unspecified atom stereocenters. The minimum Gasteiger partial charge on any atom is -0.496 e. The second kappa shape index (κ2) is 7.27. The summed E-state index contributed by atoms with van der Waals surface area (Å²) in [5.74, 6) is 0.0121. The van der Waals surface area contributed by atoms with Gasteiger partial charge in [0, 0.05) is 12.1 Å². The molecule has 0 aromatic heterocycles. The molecule has 2 aromatic carbocycles. The van der Waals surface area contributed by atoms with Gasteiger partial charge in [-0.3, -0.25) is 10.1 Å². The molecule has 0 atom stereocenters. The third-order valence-corrected chi connectivity index (χ3v) is 4.43. The highest BCUT2D eigenvalue weighted by molar-refractivity contribution is 9.10. The number of benzene rings is 2. The summed E-state index contributed by atoms with van der Waals surface area (Å²) in [6.45, 7) is 0. The number of non-ortho nitro benzene ring substituents is 1. The zero-order chi connectivity index (χ0) is 18.8. The first kappa shape index (κ1) is 18.1. The van der Waals surface area contributed by atoms with Gasteiger partial charge >= 0.3 is 5.97 Å². The van der Waals surface area contributed by atoms with Crippen molar-refractivity contribution < 1.29 is 19.2 Å². The van der Waals surface area contributed by atoms with Crippen molar-refractivity contribution in [3.8, 4) is 5.75 Å². The van der Waals surface area contributed by atoms with Crippen molar-refractivity contribution in [3.05, 3.63) is 72.8 Å². The molecule has 0 spiro atoms. The number of ether oxygens (including phenoxy) is 2. The number of hydrogen-bond acceptors (Lipinski definition) is 6. The zero-order valence-electron chi connectivity index (χ0n) is 13.2. The fourth-order valence-corrected chi connectivity index (χ4v) is 3.06. The first-order valence-electron chi connectivity index (χ1n) is 7.19. The molecule has 132 valence electrons. The molecule has 0 saturated carbocycles. The Morgan fingerprint density at radius 3 is 2.69 bits per heavy atom. The number of methoxy groups -OCH3 is 1. The van der Waals surface area contributed by atoms with Gasteiger partial charge < -0.3 is 9.47 Å². The van der Waals surface area contributed by atoms with E-state index in [-0.39, 0.29) is 22.3 Å². The molecule has 2 aromatic rings. The SMILES string of the molecule is COc1ccc(/C=C2\N=C(c3ccc([N+](=O)[O-])cc3Cl)OC2=O)cc1Br. The van der Waals surface area contributed by atoms with Crippen molar-refractivity contribution in [3.63, 3.8) is 0 Å². The number of rotatable bonds is 4. The highest BCUT2D eigenvalue weighted by Gasteiger charge is 2.26. The standard InChI is InChI=1S/C17H10BrClN2O5/c1-25-15-5-2-9(6-12(15)18)7-14-17(22)26-16(20-14)11-4-3-10(21(23)24)8-13(11)19/h2-8H,1H3/b14-7-. The van der Waals surface area contributed by atoms with Crippen molar-refractivity contribution in [2.45, 2.75) is 0 Å². The van der Waals surface area contributed by atoms with E-state index in [0.29, 0.717) is 16.9 Å². The summed E-state index contributed by atoms with van der Waals surface area (Å²) in [6.07, 6.45) is 1.55. The predicted octanol–water partition coefficient (Wildman–Crippen LogP) is 4.36. The number of aliphatic imine (C=N–C) groups is 1. The molecule has 1 aliphatic rings. The lowest BCUT2D eigenvalue weighted by Crippen LogP contribution is -2.06.